The summed E-state index contributed by atoms with van der Waals surface area (Å²) in [4.78, 5) is 11.6. The summed E-state index contributed by atoms with van der Waals surface area (Å²) in [6.07, 6.45) is 0.848. The average molecular weight is 306 g/mol. The van der Waals surface area contributed by atoms with Crippen LogP contribution in [0.25, 0.3) is 0 Å². The molecule has 0 aromatic carbocycles. The summed E-state index contributed by atoms with van der Waals surface area (Å²) in [5, 5.41) is 6.04. The van der Waals surface area contributed by atoms with Crippen LogP contribution in [0, 0.1) is 0 Å². The lowest BCUT2D eigenvalue weighted by atomic mass is 10.1. The number of ether oxygens (including phenoxy) is 1. The highest BCUT2D eigenvalue weighted by atomic mass is 32.2. The lowest BCUT2D eigenvalue weighted by molar-refractivity contribution is 0.0507. The van der Waals surface area contributed by atoms with Gasteiger partial charge in [0, 0.05) is 18.6 Å². The summed E-state index contributed by atoms with van der Waals surface area (Å²) >= 11 is 0. The number of alkyl carbamates (subject to hydrolysis) is 1. The zero-order chi connectivity index (χ0) is 15.4. The Balaban J connectivity index is 2.23. The van der Waals surface area contributed by atoms with E-state index < -0.39 is 21.5 Å². The molecular weight excluding hydrogens is 280 g/mol. The topological polar surface area (TPSA) is 84.5 Å². The quantitative estimate of drug-likeness (QED) is 0.811. The second kappa shape index (κ2) is 6.76. The summed E-state index contributed by atoms with van der Waals surface area (Å²) in [6, 6.07) is 0.143. The van der Waals surface area contributed by atoms with Crippen LogP contribution in [0.2, 0.25) is 0 Å². The normalized spacial score (nSPS) is 21.2. The van der Waals surface area contributed by atoms with E-state index in [4.69, 9.17) is 4.74 Å². The van der Waals surface area contributed by atoms with Crippen molar-refractivity contribution < 1.29 is 17.9 Å². The zero-order valence-corrected chi connectivity index (χ0v) is 13.5. The van der Waals surface area contributed by atoms with E-state index in [0.717, 1.165) is 0 Å². The fourth-order valence-corrected chi connectivity index (χ4v) is 3.49. The molecule has 1 aliphatic rings. The van der Waals surface area contributed by atoms with Crippen LogP contribution in [0.1, 0.15) is 40.5 Å². The molecule has 0 aromatic rings. The highest BCUT2D eigenvalue weighted by Crippen LogP contribution is 2.12. The molecule has 1 atom stereocenters. The number of sulfone groups is 1. The summed E-state index contributed by atoms with van der Waals surface area (Å²) < 4.78 is 27.8. The molecule has 2 N–H and O–H groups in total. The molecule has 118 valence electrons. The molecule has 0 aromatic heterocycles. The smallest absolute Gasteiger partial charge is 0.407 e. The van der Waals surface area contributed by atoms with Crippen molar-refractivity contribution in [2.45, 2.75) is 58.2 Å². The second-order valence-corrected chi connectivity index (χ2v) is 8.69. The van der Waals surface area contributed by atoms with E-state index in [2.05, 4.69) is 10.6 Å². The molecule has 6 nitrogen and oxygen atoms in total. The first-order valence-corrected chi connectivity index (χ1v) is 8.83. The Hall–Kier alpha value is -0.820. The third kappa shape index (κ3) is 7.09. The maximum atomic E-state index is 11.6. The number of carbonyl (C=O) groups excluding carboxylic acids is 1. The third-order valence-corrected chi connectivity index (χ3v) is 4.75. The molecule has 0 aliphatic carbocycles. The van der Waals surface area contributed by atoms with Gasteiger partial charge in [0.1, 0.15) is 15.4 Å². The Bertz CT molecular complexity index is 414. The first kappa shape index (κ1) is 17.2. The van der Waals surface area contributed by atoms with Gasteiger partial charge in [-0.15, -0.1) is 0 Å². The van der Waals surface area contributed by atoms with Gasteiger partial charge in [-0.25, -0.2) is 13.2 Å². The molecular formula is C13H26N2O4S. The fraction of sp³-hybridized carbons (Fsp3) is 0.923. The molecule has 0 saturated carbocycles. The van der Waals surface area contributed by atoms with Crippen molar-refractivity contribution in [3.8, 4) is 0 Å². The second-order valence-electron chi connectivity index (χ2n) is 6.38. The molecule has 1 saturated heterocycles. The maximum Gasteiger partial charge on any atom is 0.407 e. The molecule has 1 fully saturated rings. The van der Waals surface area contributed by atoms with Gasteiger partial charge in [0.2, 0.25) is 0 Å². The van der Waals surface area contributed by atoms with Gasteiger partial charge in [-0.3, -0.25) is 0 Å². The van der Waals surface area contributed by atoms with Crippen molar-refractivity contribution in [3.05, 3.63) is 0 Å². The van der Waals surface area contributed by atoms with Crippen LogP contribution in [0.15, 0.2) is 0 Å². The van der Waals surface area contributed by atoms with Crippen molar-refractivity contribution in [1.82, 2.24) is 10.6 Å². The molecule has 1 heterocycles. The van der Waals surface area contributed by atoms with Crippen molar-refractivity contribution in [2.24, 2.45) is 0 Å². The lowest BCUT2D eigenvalue weighted by Gasteiger charge is -2.26. The summed E-state index contributed by atoms with van der Waals surface area (Å²) in [5.41, 5.74) is -0.505. The summed E-state index contributed by atoms with van der Waals surface area (Å²) in [7, 11) is -2.82. The highest BCUT2D eigenvalue weighted by molar-refractivity contribution is 7.91. The van der Waals surface area contributed by atoms with Crippen LogP contribution in [0.4, 0.5) is 4.79 Å². The summed E-state index contributed by atoms with van der Waals surface area (Å²) in [6.45, 7) is 7.94. The predicted molar refractivity (Wildman–Crippen MR) is 78.5 cm³/mol. The van der Waals surface area contributed by atoms with Gasteiger partial charge in [-0.2, -0.15) is 0 Å². The summed E-state index contributed by atoms with van der Waals surface area (Å²) in [5.74, 6) is 0.497. The minimum Gasteiger partial charge on any atom is -0.444 e. The number of hydrogen-bond acceptors (Lipinski definition) is 5. The standard InChI is InChI=1S/C13H26N2O4S/c1-10(15-12(16)19-13(2,3)4)9-14-11-5-7-20(17,18)8-6-11/h10-11,14H,5-9H2,1-4H3,(H,15,16). The van der Waals surface area contributed by atoms with Crippen LogP contribution in [-0.4, -0.2) is 50.2 Å². The molecule has 7 heteroatoms. The van der Waals surface area contributed by atoms with Crippen LogP contribution in [0.3, 0.4) is 0 Å². The minimum absolute atomic E-state index is 0.0663. The molecule has 1 amide bonds. The van der Waals surface area contributed by atoms with Gasteiger partial charge < -0.3 is 15.4 Å². The molecule has 1 unspecified atom stereocenters. The molecule has 1 aliphatic heterocycles. The van der Waals surface area contributed by atoms with E-state index in [9.17, 15) is 13.2 Å². The Morgan fingerprint density at radius 2 is 1.85 bits per heavy atom. The minimum atomic E-state index is -2.82. The van der Waals surface area contributed by atoms with E-state index >= 15 is 0 Å². The van der Waals surface area contributed by atoms with Gasteiger partial charge in [0.05, 0.1) is 11.5 Å². The fourth-order valence-electron chi connectivity index (χ4n) is 2.00. The highest BCUT2D eigenvalue weighted by Gasteiger charge is 2.24. The Labute approximate surface area is 121 Å². The lowest BCUT2D eigenvalue weighted by Crippen LogP contribution is -2.46. The average Bonchev–Trinajstić information content (AvgIpc) is 2.24. The molecule has 0 bridgehead atoms. The van der Waals surface area contributed by atoms with Crippen molar-refractivity contribution >= 4 is 15.9 Å². The Kier molecular flexibility index (Phi) is 5.82. The van der Waals surface area contributed by atoms with Crippen molar-refractivity contribution in [2.75, 3.05) is 18.1 Å². The largest absolute Gasteiger partial charge is 0.444 e. The van der Waals surface area contributed by atoms with Crippen LogP contribution in [0.5, 0.6) is 0 Å². The van der Waals surface area contributed by atoms with Crippen LogP contribution in [-0.2, 0) is 14.6 Å². The molecule has 0 spiro atoms. The zero-order valence-electron chi connectivity index (χ0n) is 12.7. The van der Waals surface area contributed by atoms with E-state index in [1.807, 2.05) is 27.7 Å². The first-order valence-electron chi connectivity index (χ1n) is 7.01. The van der Waals surface area contributed by atoms with E-state index in [0.29, 0.717) is 19.4 Å². The van der Waals surface area contributed by atoms with E-state index in [1.54, 1.807) is 0 Å². The monoisotopic (exact) mass is 306 g/mol. The van der Waals surface area contributed by atoms with Gasteiger partial charge >= 0.3 is 6.09 Å². The number of amides is 1. The van der Waals surface area contributed by atoms with Crippen LogP contribution < -0.4 is 10.6 Å². The Morgan fingerprint density at radius 3 is 2.35 bits per heavy atom. The predicted octanol–water partition coefficient (Wildman–Crippen LogP) is 1.07. The first-order chi connectivity index (χ1) is 9.07. The van der Waals surface area contributed by atoms with E-state index in [1.165, 1.54) is 0 Å². The number of rotatable bonds is 4. The SMILES string of the molecule is CC(CNC1CCS(=O)(=O)CC1)NC(=O)OC(C)(C)C. The van der Waals surface area contributed by atoms with Gasteiger partial charge in [-0.1, -0.05) is 0 Å². The third-order valence-electron chi connectivity index (χ3n) is 3.03. The van der Waals surface area contributed by atoms with Crippen molar-refractivity contribution in [3.63, 3.8) is 0 Å². The number of carbonyl (C=O) groups is 1. The molecule has 1 rings (SSSR count). The van der Waals surface area contributed by atoms with E-state index in [-0.39, 0.29) is 23.6 Å². The Morgan fingerprint density at radius 1 is 1.30 bits per heavy atom. The maximum absolute atomic E-state index is 11.6. The number of nitrogens with one attached hydrogen (secondary N) is 2. The van der Waals surface area contributed by atoms with Crippen LogP contribution >= 0.6 is 0 Å². The van der Waals surface area contributed by atoms with Gasteiger partial charge in [-0.05, 0) is 40.5 Å². The molecule has 0 radical (unpaired) electrons. The van der Waals surface area contributed by atoms with Gasteiger partial charge in [0.15, 0.2) is 0 Å². The van der Waals surface area contributed by atoms with Crippen molar-refractivity contribution in [1.29, 1.82) is 0 Å². The molecule has 20 heavy (non-hydrogen) atoms. The number of hydrogen-bond donors (Lipinski definition) is 2. The van der Waals surface area contributed by atoms with Gasteiger partial charge in [0.25, 0.3) is 0 Å².